The van der Waals surface area contributed by atoms with E-state index in [4.69, 9.17) is 9.84 Å². The van der Waals surface area contributed by atoms with Crippen LogP contribution in [0.25, 0.3) is 0 Å². The standard InChI is InChI=1S/C11H20N2O5/c1-12(6-9(14)7-18-2)11(17)13-4-8(5-13)3-10(15)16/h8-9,14H,3-7H2,1-2H3,(H,15,16). The number of methoxy groups -OCH3 is 1. The SMILES string of the molecule is COCC(O)CN(C)C(=O)N1CC(CC(=O)O)C1. The number of aliphatic hydroxyl groups excluding tert-OH is 1. The number of amides is 2. The molecule has 2 N–H and O–H groups in total. The maximum Gasteiger partial charge on any atom is 0.319 e. The summed E-state index contributed by atoms with van der Waals surface area (Å²) in [5, 5.41) is 18.1. The number of aliphatic hydroxyl groups is 1. The minimum absolute atomic E-state index is 0.0451. The molecule has 0 spiro atoms. The van der Waals surface area contributed by atoms with Crippen molar-refractivity contribution in [3.05, 3.63) is 0 Å². The zero-order chi connectivity index (χ0) is 13.7. The first-order valence-electron chi connectivity index (χ1n) is 5.82. The summed E-state index contributed by atoms with van der Waals surface area (Å²) in [6.07, 6.45) is -0.611. The van der Waals surface area contributed by atoms with E-state index < -0.39 is 12.1 Å². The fraction of sp³-hybridized carbons (Fsp3) is 0.818. The largest absolute Gasteiger partial charge is 0.481 e. The van der Waals surface area contributed by atoms with Crippen LogP contribution in [0.5, 0.6) is 0 Å². The van der Waals surface area contributed by atoms with Crippen LogP contribution < -0.4 is 0 Å². The second-order valence-electron chi connectivity index (χ2n) is 4.64. The van der Waals surface area contributed by atoms with Crippen LogP contribution in [0.2, 0.25) is 0 Å². The van der Waals surface area contributed by atoms with Gasteiger partial charge in [-0.25, -0.2) is 4.79 Å². The lowest BCUT2D eigenvalue weighted by Crippen LogP contribution is -2.55. The third-order valence-corrected chi connectivity index (χ3v) is 2.86. The summed E-state index contributed by atoms with van der Waals surface area (Å²) < 4.78 is 4.78. The quantitative estimate of drug-likeness (QED) is 0.669. The molecule has 0 radical (unpaired) electrons. The van der Waals surface area contributed by atoms with Gasteiger partial charge >= 0.3 is 12.0 Å². The molecule has 1 saturated heterocycles. The maximum absolute atomic E-state index is 11.8. The topological polar surface area (TPSA) is 90.3 Å². The molecule has 0 aromatic carbocycles. The molecule has 0 aromatic rings. The first-order valence-corrected chi connectivity index (χ1v) is 5.82. The first-order chi connectivity index (χ1) is 8.43. The average molecular weight is 260 g/mol. The van der Waals surface area contributed by atoms with Gasteiger partial charge in [-0.3, -0.25) is 4.79 Å². The Morgan fingerprint density at radius 3 is 2.61 bits per heavy atom. The Hall–Kier alpha value is -1.34. The van der Waals surface area contributed by atoms with Gasteiger partial charge in [-0.15, -0.1) is 0 Å². The number of likely N-dealkylation sites (tertiary alicyclic amines) is 1. The van der Waals surface area contributed by atoms with Gasteiger partial charge in [0.25, 0.3) is 0 Å². The minimum atomic E-state index is -0.837. The van der Waals surface area contributed by atoms with E-state index in [0.29, 0.717) is 13.1 Å². The lowest BCUT2D eigenvalue weighted by Gasteiger charge is -2.40. The molecule has 0 saturated carbocycles. The summed E-state index contributed by atoms with van der Waals surface area (Å²) in [4.78, 5) is 25.3. The lowest BCUT2D eigenvalue weighted by molar-refractivity contribution is -0.139. The van der Waals surface area contributed by atoms with Gasteiger partial charge in [-0.2, -0.15) is 0 Å². The number of carbonyl (C=O) groups is 2. The number of carboxylic acid groups (broad SMARTS) is 1. The average Bonchev–Trinajstić information content (AvgIpc) is 2.21. The molecule has 0 bridgehead atoms. The van der Waals surface area contributed by atoms with Gasteiger partial charge in [0.05, 0.1) is 25.7 Å². The van der Waals surface area contributed by atoms with Crippen LogP contribution in [0.4, 0.5) is 4.79 Å². The predicted octanol–water partition coefficient (Wildman–Crippen LogP) is -0.548. The number of aliphatic carboxylic acids is 1. The van der Waals surface area contributed by atoms with Crippen molar-refractivity contribution < 1.29 is 24.5 Å². The summed E-state index contributed by atoms with van der Waals surface area (Å²) in [5.41, 5.74) is 0. The number of likely N-dealkylation sites (N-methyl/N-ethyl adjacent to an activating group) is 1. The molecule has 1 fully saturated rings. The minimum Gasteiger partial charge on any atom is -0.481 e. The van der Waals surface area contributed by atoms with Crippen molar-refractivity contribution in [1.82, 2.24) is 9.80 Å². The zero-order valence-corrected chi connectivity index (χ0v) is 10.7. The van der Waals surface area contributed by atoms with Crippen LogP contribution in [-0.2, 0) is 9.53 Å². The predicted molar refractivity (Wildman–Crippen MR) is 63.2 cm³/mol. The molecule has 18 heavy (non-hydrogen) atoms. The summed E-state index contributed by atoms with van der Waals surface area (Å²) in [6.45, 7) is 1.32. The monoisotopic (exact) mass is 260 g/mol. The van der Waals surface area contributed by atoms with Crippen molar-refractivity contribution in [2.75, 3.05) is 40.4 Å². The van der Waals surface area contributed by atoms with Crippen molar-refractivity contribution in [2.24, 2.45) is 5.92 Å². The summed E-state index contributed by atoms with van der Waals surface area (Å²) >= 11 is 0. The molecular formula is C11H20N2O5. The highest BCUT2D eigenvalue weighted by molar-refractivity contribution is 5.75. The van der Waals surface area contributed by atoms with Gasteiger partial charge in [-0.1, -0.05) is 0 Å². The number of nitrogens with zero attached hydrogens (tertiary/aromatic N) is 2. The summed E-state index contributed by atoms with van der Waals surface area (Å²) in [7, 11) is 3.09. The highest BCUT2D eigenvalue weighted by Gasteiger charge is 2.33. The van der Waals surface area contributed by atoms with Gasteiger partial charge in [0.2, 0.25) is 0 Å². The first kappa shape index (κ1) is 14.7. The number of hydrogen-bond acceptors (Lipinski definition) is 4. The van der Waals surface area contributed by atoms with Crippen LogP contribution >= 0.6 is 0 Å². The Labute approximate surface area is 106 Å². The highest BCUT2D eigenvalue weighted by Crippen LogP contribution is 2.20. The third-order valence-electron chi connectivity index (χ3n) is 2.86. The Morgan fingerprint density at radius 1 is 1.50 bits per heavy atom. The van der Waals surface area contributed by atoms with Crippen LogP contribution in [0.15, 0.2) is 0 Å². The molecule has 1 atom stereocenters. The molecule has 0 aliphatic carbocycles. The molecule has 7 heteroatoms. The van der Waals surface area contributed by atoms with E-state index >= 15 is 0 Å². The number of urea groups is 1. The van der Waals surface area contributed by atoms with Gasteiger partial charge in [-0.05, 0) is 0 Å². The fourth-order valence-electron chi connectivity index (χ4n) is 1.98. The Bertz CT molecular complexity index is 304. The van der Waals surface area contributed by atoms with Crippen LogP contribution in [0.1, 0.15) is 6.42 Å². The Kier molecular flexibility index (Phi) is 5.36. The summed E-state index contributed by atoms with van der Waals surface area (Å²) in [6, 6.07) is -0.188. The van der Waals surface area contributed by atoms with Crippen molar-refractivity contribution in [1.29, 1.82) is 0 Å². The normalized spacial score (nSPS) is 17.2. The zero-order valence-electron chi connectivity index (χ0n) is 10.7. The molecule has 1 aliphatic rings. The third kappa shape index (κ3) is 4.15. The van der Waals surface area contributed by atoms with Crippen LogP contribution in [0, 0.1) is 5.92 Å². The second kappa shape index (κ2) is 6.55. The molecule has 0 aromatic heterocycles. The number of rotatable bonds is 6. The molecule has 7 nitrogen and oxygen atoms in total. The fourth-order valence-corrected chi connectivity index (χ4v) is 1.98. The molecule has 1 unspecified atom stereocenters. The number of hydrogen-bond donors (Lipinski definition) is 2. The number of ether oxygens (including phenoxy) is 1. The molecule has 1 rings (SSSR count). The van der Waals surface area contributed by atoms with Gasteiger partial charge < -0.3 is 24.7 Å². The highest BCUT2D eigenvalue weighted by atomic mass is 16.5. The van der Waals surface area contributed by atoms with E-state index in [1.807, 2.05) is 0 Å². The van der Waals surface area contributed by atoms with Crippen LogP contribution in [-0.4, -0.2) is 78.5 Å². The van der Waals surface area contributed by atoms with E-state index in [9.17, 15) is 14.7 Å². The van der Waals surface area contributed by atoms with E-state index in [2.05, 4.69) is 0 Å². The van der Waals surface area contributed by atoms with E-state index in [0.717, 1.165) is 0 Å². The smallest absolute Gasteiger partial charge is 0.319 e. The molecule has 104 valence electrons. The van der Waals surface area contributed by atoms with Gasteiger partial charge in [0.15, 0.2) is 0 Å². The molecule has 2 amide bonds. The van der Waals surface area contributed by atoms with Crippen LogP contribution in [0.3, 0.4) is 0 Å². The Morgan fingerprint density at radius 2 is 2.11 bits per heavy atom. The van der Waals surface area contributed by atoms with Crippen molar-refractivity contribution in [3.63, 3.8) is 0 Å². The number of carbonyl (C=O) groups excluding carboxylic acids is 1. The van der Waals surface area contributed by atoms with E-state index in [1.165, 1.54) is 12.0 Å². The molecule has 1 heterocycles. The molecule has 1 aliphatic heterocycles. The number of carboxylic acids is 1. The van der Waals surface area contributed by atoms with Crippen molar-refractivity contribution in [2.45, 2.75) is 12.5 Å². The lowest BCUT2D eigenvalue weighted by atomic mass is 9.97. The van der Waals surface area contributed by atoms with E-state index in [-0.39, 0.29) is 31.5 Å². The van der Waals surface area contributed by atoms with Crippen molar-refractivity contribution >= 4 is 12.0 Å². The Balaban J connectivity index is 2.27. The van der Waals surface area contributed by atoms with Gasteiger partial charge in [0.1, 0.15) is 0 Å². The van der Waals surface area contributed by atoms with Gasteiger partial charge in [0, 0.05) is 33.2 Å². The van der Waals surface area contributed by atoms with E-state index in [1.54, 1.807) is 11.9 Å². The summed E-state index contributed by atoms with van der Waals surface area (Å²) in [5.74, 6) is -0.792. The second-order valence-corrected chi connectivity index (χ2v) is 4.64. The molecular weight excluding hydrogens is 240 g/mol. The van der Waals surface area contributed by atoms with Crippen molar-refractivity contribution in [3.8, 4) is 0 Å². The maximum atomic E-state index is 11.8.